The smallest absolute Gasteiger partial charge is 0.231 e. The fraction of sp³-hybridized carbons (Fsp3) is 0.300. The third kappa shape index (κ3) is 2.70. The molecule has 3 heterocycles. The molecule has 3 aliphatic rings. The van der Waals surface area contributed by atoms with E-state index in [1.165, 1.54) is 5.69 Å². The first-order chi connectivity index (χ1) is 12.4. The van der Waals surface area contributed by atoms with Crippen molar-refractivity contribution in [1.82, 2.24) is 5.32 Å². The maximum absolute atomic E-state index is 6.06. The van der Waals surface area contributed by atoms with Gasteiger partial charge in [-0.25, -0.2) is 0 Å². The molecule has 0 atom stereocenters. The van der Waals surface area contributed by atoms with Crippen molar-refractivity contribution in [2.24, 2.45) is 0 Å². The first-order valence-corrected chi connectivity index (χ1v) is 8.70. The second-order valence-corrected chi connectivity index (χ2v) is 6.49. The van der Waals surface area contributed by atoms with Crippen molar-refractivity contribution < 1.29 is 14.2 Å². The van der Waals surface area contributed by atoms with Crippen LogP contribution >= 0.6 is 0 Å². The third-order valence-corrected chi connectivity index (χ3v) is 4.94. The minimum atomic E-state index is 0.298. The Kier molecular flexibility index (Phi) is 3.52. The molecule has 1 N–H and O–H groups in total. The summed E-state index contributed by atoms with van der Waals surface area (Å²) in [5, 5.41) is 3.39. The molecule has 0 aromatic heterocycles. The van der Waals surface area contributed by atoms with Gasteiger partial charge >= 0.3 is 0 Å². The molecule has 0 unspecified atom stereocenters. The van der Waals surface area contributed by atoms with Gasteiger partial charge in [-0.3, -0.25) is 0 Å². The average molecular weight is 336 g/mol. The molecule has 25 heavy (non-hydrogen) atoms. The van der Waals surface area contributed by atoms with Gasteiger partial charge in [-0.2, -0.15) is 0 Å². The maximum atomic E-state index is 6.06. The standard InChI is InChI=1S/C20H20N2O3/c1-3-17(22-7-5-21-6-8-22)11-19-15(1)9-16(12-23-19)14-2-4-18-20(10-14)25-13-24-18/h1-4,9-11,21H,5-8,12-13H2. The third-order valence-electron chi connectivity index (χ3n) is 4.94. The summed E-state index contributed by atoms with van der Waals surface area (Å²) < 4.78 is 16.9. The van der Waals surface area contributed by atoms with Crippen LogP contribution in [0.15, 0.2) is 36.4 Å². The van der Waals surface area contributed by atoms with E-state index in [0.717, 1.165) is 60.1 Å². The second kappa shape index (κ2) is 6.01. The van der Waals surface area contributed by atoms with E-state index in [2.05, 4.69) is 40.6 Å². The number of nitrogens with one attached hydrogen (secondary N) is 1. The second-order valence-electron chi connectivity index (χ2n) is 6.49. The van der Waals surface area contributed by atoms with Gasteiger partial charge in [-0.05, 0) is 41.5 Å². The molecular formula is C20H20N2O3. The zero-order valence-electron chi connectivity index (χ0n) is 14.0. The minimum Gasteiger partial charge on any atom is -0.488 e. The van der Waals surface area contributed by atoms with Crippen LogP contribution in [0.1, 0.15) is 11.1 Å². The Labute approximate surface area is 146 Å². The largest absolute Gasteiger partial charge is 0.488 e. The van der Waals surface area contributed by atoms with E-state index >= 15 is 0 Å². The van der Waals surface area contributed by atoms with E-state index in [9.17, 15) is 0 Å². The van der Waals surface area contributed by atoms with Crippen molar-refractivity contribution in [3.63, 3.8) is 0 Å². The van der Waals surface area contributed by atoms with Gasteiger partial charge < -0.3 is 24.4 Å². The number of nitrogens with zero attached hydrogens (tertiary/aromatic N) is 1. The lowest BCUT2D eigenvalue weighted by atomic mass is 10.00. The first kappa shape index (κ1) is 14.7. The zero-order valence-corrected chi connectivity index (χ0v) is 14.0. The molecule has 2 aromatic carbocycles. The van der Waals surface area contributed by atoms with E-state index in [-0.39, 0.29) is 0 Å². The van der Waals surface area contributed by atoms with Gasteiger partial charge in [-0.1, -0.05) is 6.07 Å². The molecule has 5 heteroatoms. The number of hydrogen-bond donors (Lipinski definition) is 1. The molecular weight excluding hydrogens is 316 g/mol. The lowest BCUT2D eigenvalue weighted by Crippen LogP contribution is -2.43. The lowest BCUT2D eigenvalue weighted by molar-refractivity contribution is 0.174. The van der Waals surface area contributed by atoms with Crippen molar-refractivity contribution >= 4 is 17.3 Å². The molecule has 0 saturated carbocycles. The SMILES string of the molecule is C1=C(c2ccc3c(c2)OCO3)COc2cc(N3CCNCC3)ccc21. The molecule has 0 radical (unpaired) electrons. The van der Waals surface area contributed by atoms with Crippen LogP contribution in [0.25, 0.3) is 11.6 Å². The molecule has 5 rings (SSSR count). The monoisotopic (exact) mass is 336 g/mol. The summed E-state index contributed by atoms with van der Waals surface area (Å²) in [5.74, 6) is 2.57. The minimum absolute atomic E-state index is 0.298. The van der Waals surface area contributed by atoms with Crippen LogP contribution in [-0.4, -0.2) is 39.6 Å². The van der Waals surface area contributed by atoms with Crippen LogP contribution in [0, 0.1) is 0 Å². The van der Waals surface area contributed by atoms with Crippen LogP contribution < -0.4 is 24.4 Å². The molecule has 1 fully saturated rings. The summed E-state index contributed by atoms with van der Waals surface area (Å²) >= 11 is 0. The Balaban J connectivity index is 1.43. The van der Waals surface area contributed by atoms with Gasteiger partial charge in [0.1, 0.15) is 12.4 Å². The van der Waals surface area contributed by atoms with Crippen molar-refractivity contribution in [2.75, 3.05) is 44.5 Å². The molecule has 128 valence electrons. The number of hydrogen-bond acceptors (Lipinski definition) is 5. The topological polar surface area (TPSA) is 43.0 Å². The number of piperazine rings is 1. The number of benzene rings is 2. The number of anilines is 1. The highest BCUT2D eigenvalue weighted by Crippen LogP contribution is 2.38. The van der Waals surface area contributed by atoms with E-state index in [4.69, 9.17) is 14.2 Å². The van der Waals surface area contributed by atoms with Gasteiger partial charge in [-0.15, -0.1) is 0 Å². The van der Waals surface area contributed by atoms with Crippen LogP contribution in [0.3, 0.4) is 0 Å². The van der Waals surface area contributed by atoms with Crippen molar-refractivity contribution in [3.8, 4) is 17.2 Å². The van der Waals surface area contributed by atoms with E-state index < -0.39 is 0 Å². The van der Waals surface area contributed by atoms with Gasteiger partial charge in [0.05, 0.1) is 0 Å². The van der Waals surface area contributed by atoms with Crippen LogP contribution in [0.4, 0.5) is 5.69 Å². The predicted molar refractivity (Wildman–Crippen MR) is 97.5 cm³/mol. The highest BCUT2D eigenvalue weighted by atomic mass is 16.7. The Morgan fingerprint density at radius 1 is 0.840 bits per heavy atom. The molecule has 0 aliphatic carbocycles. The van der Waals surface area contributed by atoms with Gasteiger partial charge in [0, 0.05) is 43.5 Å². The molecule has 1 saturated heterocycles. The molecule has 0 spiro atoms. The zero-order chi connectivity index (χ0) is 16.6. The van der Waals surface area contributed by atoms with Crippen molar-refractivity contribution in [1.29, 1.82) is 0 Å². The number of fused-ring (bicyclic) bond motifs is 2. The quantitative estimate of drug-likeness (QED) is 0.913. The van der Waals surface area contributed by atoms with Crippen LogP contribution in [0.5, 0.6) is 17.2 Å². The highest BCUT2D eigenvalue weighted by Gasteiger charge is 2.19. The van der Waals surface area contributed by atoms with Gasteiger partial charge in [0.2, 0.25) is 6.79 Å². The summed E-state index contributed by atoms with van der Waals surface area (Å²) in [6.45, 7) is 5.01. The number of rotatable bonds is 2. The summed E-state index contributed by atoms with van der Waals surface area (Å²) in [6.07, 6.45) is 2.21. The Hall–Kier alpha value is -2.66. The molecule has 0 bridgehead atoms. The summed E-state index contributed by atoms with van der Waals surface area (Å²) in [5.41, 5.74) is 4.62. The normalized spacial score (nSPS) is 18.4. The van der Waals surface area contributed by atoms with Crippen molar-refractivity contribution in [2.45, 2.75) is 0 Å². The maximum Gasteiger partial charge on any atom is 0.231 e. The molecule has 5 nitrogen and oxygen atoms in total. The van der Waals surface area contributed by atoms with Crippen molar-refractivity contribution in [3.05, 3.63) is 47.5 Å². The first-order valence-electron chi connectivity index (χ1n) is 8.70. The van der Waals surface area contributed by atoms with E-state index in [1.54, 1.807) is 0 Å². The fourth-order valence-corrected chi connectivity index (χ4v) is 3.53. The highest BCUT2D eigenvalue weighted by molar-refractivity contribution is 5.86. The number of ether oxygens (including phenoxy) is 3. The Bertz CT molecular complexity index is 841. The Morgan fingerprint density at radius 3 is 2.64 bits per heavy atom. The summed E-state index contributed by atoms with van der Waals surface area (Å²) in [7, 11) is 0. The lowest BCUT2D eigenvalue weighted by Gasteiger charge is -2.30. The summed E-state index contributed by atoms with van der Waals surface area (Å²) in [6, 6.07) is 12.5. The Morgan fingerprint density at radius 2 is 1.72 bits per heavy atom. The van der Waals surface area contributed by atoms with E-state index in [1.807, 2.05) is 12.1 Å². The van der Waals surface area contributed by atoms with Gasteiger partial charge in [0.15, 0.2) is 11.5 Å². The van der Waals surface area contributed by atoms with Crippen LogP contribution in [0.2, 0.25) is 0 Å². The molecule has 3 aliphatic heterocycles. The van der Waals surface area contributed by atoms with Crippen LogP contribution in [-0.2, 0) is 0 Å². The molecule has 2 aromatic rings. The molecule has 0 amide bonds. The fourth-order valence-electron chi connectivity index (χ4n) is 3.53. The predicted octanol–water partition coefficient (Wildman–Crippen LogP) is 2.76. The van der Waals surface area contributed by atoms with E-state index in [0.29, 0.717) is 13.4 Å². The van der Waals surface area contributed by atoms with Gasteiger partial charge in [0.25, 0.3) is 0 Å². The summed E-state index contributed by atoms with van der Waals surface area (Å²) in [4.78, 5) is 2.40. The average Bonchev–Trinajstić information content (AvgIpc) is 3.15.